The third-order valence-electron chi connectivity index (χ3n) is 3.53. The topological polar surface area (TPSA) is 67.2 Å². The Morgan fingerprint density at radius 2 is 2.24 bits per heavy atom. The van der Waals surface area contributed by atoms with Gasteiger partial charge in [-0.3, -0.25) is 4.79 Å². The van der Waals surface area contributed by atoms with Crippen molar-refractivity contribution >= 4 is 5.91 Å². The van der Waals surface area contributed by atoms with Crippen molar-refractivity contribution in [2.45, 2.75) is 58.5 Å². The molecule has 4 heteroatoms. The lowest BCUT2D eigenvalue weighted by molar-refractivity contribution is -0.121. The van der Waals surface area contributed by atoms with Crippen LogP contribution in [-0.2, 0) is 4.79 Å². The molecular weight excluding hydrogens is 214 g/mol. The van der Waals surface area contributed by atoms with E-state index in [0.29, 0.717) is 31.0 Å². The van der Waals surface area contributed by atoms with Crippen molar-refractivity contribution in [3.63, 3.8) is 0 Å². The van der Waals surface area contributed by atoms with Crippen LogP contribution in [0.25, 0.3) is 0 Å². The number of nitrogens with two attached hydrogens (primary N) is 1. The van der Waals surface area contributed by atoms with Crippen molar-refractivity contribution in [2.24, 2.45) is 11.1 Å². The van der Waals surface area contributed by atoms with Crippen LogP contribution in [0.2, 0.25) is 0 Å². The molecular formula is C13H27N3O. The maximum absolute atomic E-state index is 11.5. The van der Waals surface area contributed by atoms with Crippen LogP contribution in [0, 0.1) is 5.41 Å². The number of amides is 1. The van der Waals surface area contributed by atoms with Gasteiger partial charge in [0.05, 0.1) is 0 Å². The normalized spacial score (nSPS) is 24.6. The van der Waals surface area contributed by atoms with Gasteiger partial charge in [0.25, 0.3) is 0 Å². The van der Waals surface area contributed by atoms with E-state index >= 15 is 0 Å². The van der Waals surface area contributed by atoms with Gasteiger partial charge in [0.2, 0.25) is 5.91 Å². The summed E-state index contributed by atoms with van der Waals surface area (Å²) >= 11 is 0. The quantitative estimate of drug-likeness (QED) is 0.650. The molecule has 4 N–H and O–H groups in total. The molecule has 0 aromatic rings. The second-order valence-corrected chi connectivity index (χ2v) is 5.86. The molecule has 0 aromatic heterocycles. The van der Waals surface area contributed by atoms with Gasteiger partial charge in [-0.1, -0.05) is 13.8 Å². The minimum absolute atomic E-state index is 0.0905. The van der Waals surface area contributed by atoms with Crippen LogP contribution in [0.1, 0.15) is 46.5 Å². The number of nitrogens with one attached hydrogen (secondary N) is 2. The summed E-state index contributed by atoms with van der Waals surface area (Å²) in [5, 5.41) is 6.34. The molecule has 1 fully saturated rings. The highest BCUT2D eigenvalue weighted by Crippen LogP contribution is 2.37. The van der Waals surface area contributed by atoms with Gasteiger partial charge in [0, 0.05) is 31.6 Å². The van der Waals surface area contributed by atoms with E-state index in [-0.39, 0.29) is 11.9 Å². The molecule has 1 aliphatic rings. The molecule has 1 amide bonds. The van der Waals surface area contributed by atoms with Crippen LogP contribution in [0.5, 0.6) is 0 Å². The Bertz CT molecular complexity index is 253. The van der Waals surface area contributed by atoms with E-state index in [9.17, 15) is 4.79 Å². The molecule has 1 aliphatic carbocycles. The largest absolute Gasteiger partial charge is 0.356 e. The zero-order valence-electron chi connectivity index (χ0n) is 11.4. The summed E-state index contributed by atoms with van der Waals surface area (Å²) in [6.45, 7) is 7.74. The summed E-state index contributed by atoms with van der Waals surface area (Å²) in [7, 11) is 0. The zero-order chi connectivity index (χ0) is 12.9. The zero-order valence-corrected chi connectivity index (χ0v) is 11.4. The Labute approximate surface area is 105 Å². The molecule has 0 spiro atoms. The average Bonchev–Trinajstić information content (AvgIpc) is 2.57. The number of carbonyl (C=O) groups is 1. The van der Waals surface area contributed by atoms with Crippen molar-refractivity contribution in [2.75, 3.05) is 13.1 Å². The fourth-order valence-electron chi connectivity index (χ4n) is 2.62. The number of hydrogen-bond donors (Lipinski definition) is 3. The van der Waals surface area contributed by atoms with Crippen LogP contribution in [0.15, 0.2) is 0 Å². The molecule has 1 rings (SSSR count). The van der Waals surface area contributed by atoms with Crippen LogP contribution < -0.4 is 16.4 Å². The molecule has 100 valence electrons. The fourth-order valence-corrected chi connectivity index (χ4v) is 2.62. The van der Waals surface area contributed by atoms with Crippen molar-refractivity contribution in [3.8, 4) is 0 Å². The molecule has 0 aliphatic heterocycles. The minimum atomic E-state index is 0.0905. The maximum atomic E-state index is 11.5. The van der Waals surface area contributed by atoms with Crippen LogP contribution >= 0.6 is 0 Å². The Balaban J connectivity index is 2.34. The minimum Gasteiger partial charge on any atom is -0.356 e. The van der Waals surface area contributed by atoms with E-state index in [1.807, 2.05) is 6.92 Å². The SMILES string of the molecule is CCNC(=O)CC(CN)NC1CCC(C)(C)C1. The van der Waals surface area contributed by atoms with E-state index in [2.05, 4.69) is 24.5 Å². The van der Waals surface area contributed by atoms with Gasteiger partial charge >= 0.3 is 0 Å². The third kappa shape index (κ3) is 5.04. The molecule has 0 saturated heterocycles. The van der Waals surface area contributed by atoms with Crippen molar-refractivity contribution < 1.29 is 4.79 Å². The van der Waals surface area contributed by atoms with Gasteiger partial charge in [-0.05, 0) is 31.6 Å². The van der Waals surface area contributed by atoms with Crippen LogP contribution in [-0.4, -0.2) is 31.1 Å². The van der Waals surface area contributed by atoms with E-state index in [1.165, 1.54) is 19.3 Å². The van der Waals surface area contributed by atoms with Gasteiger partial charge < -0.3 is 16.4 Å². The van der Waals surface area contributed by atoms with Crippen LogP contribution in [0.3, 0.4) is 0 Å². The molecule has 1 saturated carbocycles. The Kier molecular flexibility index (Phi) is 5.40. The van der Waals surface area contributed by atoms with E-state index in [1.54, 1.807) is 0 Å². The lowest BCUT2D eigenvalue weighted by atomic mass is 9.92. The number of carbonyl (C=O) groups excluding carboxylic acids is 1. The molecule has 0 aromatic carbocycles. The van der Waals surface area contributed by atoms with E-state index in [4.69, 9.17) is 5.73 Å². The monoisotopic (exact) mass is 241 g/mol. The second kappa shape index (κ2) is 6.36. The summed E-state index contributed by atoms with van der Waals surface area (Å²) in [6.07, 6.45) is 4.11. The number of rotatable bonds is 6. The summed E-state index contributed by atoms with van der Waals surface area (Å²) < 4.78 is 0. The molecule has 2 atom stereocenters. The van der Waals surface area contributed by atoms with Gasteiger partial charge in [-0.2, -0.15) is 0 Å². The molecule has 4 nitrogen and oxygen atoms in total. The van der Waals surface area contributed by atoms with Gasteiger partial charge in [0.15, 0.2) is 0 Å². The average molecular weight is 241 g/mol. The van der Waals surface area contributed by atoms with Gasteiger partial charge in [-0.15, -0.1) is 0 Å². The van der Waals surface area contributed by atoms with Crippen molar-refractivity contribution in [1.29, 1.82) is 0 Å². The lowest BCUT2D eigenvalue weighted by Crippen LogP contribution is -2.45. The number of hydrogen-bond acceptors (Lipinski definition) is 3. The highest BCUT2D eigenvalue weighted by atomic mass is 16.1. The van der Waals surface area contributed by atoms with E-state index in [0.717, 1.165) is 0 Å². The first-order valence-corrected chi connectivity index (χ1v) is 6.69. The summed E-state index contributed by atoms with van der Waals surface area (Å²) in [5.41, 5.74) is 6.15. The van der Waals surface area contributed by atoms with Gasteiger partial charge in [-0.25, -0.2) is 0 Å². The highest BCUT2D eigenvalue weighted by Gasteiger charge is 2.31. The first-order chi connectivity index (χ1) is 7.96. The van der Waals surface area contributed by atoms with Crippen molar-refractivity contribution in [1.82, 2.24) is 10.6 Å². The molecule has 0 heterocycles. The predicted molar refractivity (Wildman–Crippen MR) is 70.7 cm³/mol. The van der Waals surface area contributed by atoms with E-state index < -0.39 is 0 Å². The fraction of sp³-hybridized carbons (Fsp3) is 0.923. The third-order valence-corrected chi connectivity index (χ3v) is 3.53. The smallest absolute Gasteiger partial charge is 0.221 e. The first-order valence-electron chi connectivity index (χ1n) is 6.69. The maximum Gasteiger partial charge on any atom is 0.221 e. The molecule has 0 radical (unpaired) electrons. The summed E-state index contributed by atoms with van der Waals surface area (Å²) in [4.78, 5) is 11.5. The first kappa shape index (κ1) is 14.5. The summed E-state index contributed by atoms with van der Waals surface area (Å²) in [6, 6.07) is 0.633. The van der Waals surface area contributed by atoms with Gasteiger partial charge in [0.1, 0.15) is 0 Å². The Hall–Kier alpha value is -0.610. The van der Waals surface area contributed by atoms with Crippen LogP contribution in [0.4, 0.5) is 0 Å². The summed E-state index contributed by atoms with van der Waals surface area (Å²) in [5.74, 6) is 0.0905. The lowest BCUT2D eigenvalue weighted by Gasteiger charge is -2.23. The highest BCUT2D eigenvalue weighted by molar-refractivity contribution is 5.76. The Morgan fingerprint density at radius 1 is 1.53 bits per heavy atom. The standard InChI is InChI=1S/C13H27N3O/c1-4-15-12(17)7-11(9-14)16-10-5-6-13(2,3)8-10/h10-11,16H,4-9,14H2,1-3H3,(H,15,17). The Morgan fingerprint density at radius 3 is 2.71 bits per heavy atom. The molecule has 2 unspecified atom stereocenters. The molecule has 0 bridgehead atoms. The predicted octanol–water partition coefficient (Wildman–Crippen LogP) is 1.01. The second-order valence-electron chi connectivity index (χ2n) is 5.86. The molecule has 17 heavy (non-hydrogen) atoms. The van der Waals surface area contributed by atoms with Crippen molar-refractivity contribution in [3.05, 3.63) is 0 Å².